The van der Waals surface area contributed by atoms with Gasteiger partial charge < -0.3 is 19.9 Å². The van der Waals surface area contributed by atoms with Crippen molar-refractivity contribution in [3.63, 3.8) is 0 Å². The van der Waals surface area contributed by atoms with E-state index in [9.17, 15) is 0 Å². The molecule has 2 N–H and O–H groups in total. The Labute approximate surface area is 125 Å². The predicted molar refractivity (Wildman–Crippen MR) is 79.7 cm³/mol. The third-order valence-electron chi connectivity index (χ3n) is 3.82. The quantitative estimate of drug-likeness (QED) is 0.848. The average molecular weight is 300 g/mol. The molecule has 1 aromatic rings. The lowest BCUT2D eigenvalue weighted by molar-refractivity contribution is 0.171. The first-order valence-electron chi connectivity index (χ1n) is 7.02. The molecule has 112 valence electrons. The van der Waals surface area contributed by atoms with Gasteiger partial charge in [0.05, 0.1) is 5.02 Å². The molecule has 0 radical (unpaired) electrons. The minimum atomic E-state index is -0.0749. The highest BCUT2D eigenvalue weighted by Gasteiger charge is 2.21. The molecule has 0 aliphatic carbocycles. The van der Waals surface area contributed by atoms with Crippen LogP contribution in [0.25, 0.3) is 0 Å². The first-order valence-corrected chi connectivity index (χ1v) is 7.39. The van der Waals surface area contributed by atoms with Crippen LogP contribution in [0.15, 0.2) is 12.1 Å². The SMILES string of the molecule is CCC(C)(CCO)NCc1cc(Cl)c2c(c1)OCCO2. The summed E-state index contributed by atoms with van der Waals surface area (Å²) in [5.41, 5.74) is 0.978. The highest BCUT2D eigenvalue weighted by Crippen LogP contribution is 2.38. The number of rotatable bonds is 6. The zero-order valence-electron chi connectivity index (χ0n) is 12.0. The van der Waals surface area contributed by atoms with E-state index in [1.54, 1.807) is 0 Å². The van der Waals surface area contributed by atoms with Gasteiger partial charge in [0, 0.05) is 18.7 Å². The molecule has 0 aromatic heterocycles. The predicted octanol–water partition coefficient (Wildman–Crippen LogP) is 2.75. The summed E-state index contributed by atoms with van der Waals surface area (Å²) in [6, 6.07) is 3.86. The standard InChI is InChI=1S/C15H22ClNO3/c1-3-15(2,4-5-18)17-10-11-8-12(16)14-13(9-11)19-6-7-20-14/h8-9,17-18H,3-7,10H2,1-2H3. The number of aliphatic hydroxyl groups excluding tert-OH is 1. The monoisotopic (exact) mass is 299 g/mol. The van der Waals surface area contributed by atoms with Crippen LogP contribution in [0.1, 0.15) is 32.3 Å². The molecule has 0 fully saturated rings. The highest BCUT2D eigenvalue weighted by atomic mass is 35.5. The van der Waals surface area contributed by atoms with E-state index in [2.05, 4.69) is 19.2 Å². The summed E-state index contributed by atoms with van der Waals surface area (Å²) in [6.45, 7) is 6.17. The number of hydrogen-bond acceptors (Lipinski definition) is 4. The fourth-order valence-electron chi connectivity index (χ4n) is 2.22. The van der Waals surface area contributed by atoms with Gasteiger partial charge in [0.25, 0.3) is 0 Å². The van der Waals surface area contributed by atoms with Gasteiger partial charge in [-0.25, -0.2) is 0 Å². The summed E-state index contributed by atoms with van der Waals surface area (Å²) < 4.78 is 11.1. The van der Waals surface area contributed by atoms with Crippen LogP contribution in [0.2, 0.25) is 5.02 Å². The third kappa shape index (κ3) is 3.57. The van der Waals surface area contributed by atoms with E-state index >= 15 is 0 Å². The van der Waals surface area contributed by atoms with E-state index in [4.69, 9.17) is 26.2 Å². The van der Waals surface area contributed by atoms with Crippen LogP contribution in [-0.4, -0.2) is 30.5 Å². The van der Waals surface area contributed by atoms with Gasteiger partial charge in [0.2, 0.25) is 0 Å². The lowest BCUT2D eigenvalue weighted by Crippen LogP contribution is -2.42. The maximum Gasteiger partial charge on any atom is 0.179 e. The Bertz CT molecular complexity index is 467. The molecule has 1 atom stereocenters. The highest BCUT2D eigenvalue weighted by molar-refractivity contribution is 6.32. The van der Waals surface area contributed by atoms with Gasteiger partial charge in [-0.05, 0) is 37.5 Å². The molecule has 0 saturated carbocycles. The minimum absolute atomic E-state index is 0.0749. The topological polar surface area (TPSA) is 50.7 Å². The Morgan fingerprint density at radius 1 is 1.35 bits per heavy atom. The first-order chi connectivity index (χ1) is 9.58. The molecule has 0 spiro atoms. The average Bonchev–Trinajstić information content (AvgIpc) is 2.46. The van der Waals surface area contributed by atoms with Gasteiger partial charge in [-0.1, -0.05) is 18.5 Å². The van der Waals surface area contributed by atoms with Gasteiger partial charge in [-0.15, -0.1) is 0 Å². The lowest BCUT2D eigenvalue weighted by atomic mass is 9.94. The van der Waals surface area contributed by atoms with Crippen LogP contribution in [0.5, 0.6) is 11.5 Å². The third-order valence-corrected chi connectivity index (χ3v) is 4.10. The zero-order valence-corrected chi connectivity index (χ0v) is 12.8. The van der Waals surface area contributed by atoms with Crippen molar-refractivity contribution in [1.29, 1.82) is 0 Å². The second-order valence-corrected chi connectivity index (χ2v) is 5.75. The molecule has 0 saturated heterocycles. The van der Waals surface area contributed by atoms with Gasteiger partial charge >= 0.3 is 0 Å². The van der Waals surface area contributed by atoms with E-state index in [1.165, 1.54) is 0 Å². The summed E-state index contributed by atoms with van der Waals surface area (Å²) >= 11 is 6.22. The van der Waals surface area contributed by atoms with Crippen molar-refractivity contribution in [2.75, 3.05) is 19.8 Å². The van der Waals surface area contributed by atoms with Crippen molar-refractivity contribution in [2.24, 2.45) is 0 Å². The number of aliphatic hydroxyl groups is 1. The maximum atomic E-state index is 9.13. The van der Waals surface area contributed by atoms with E-state index < -0.39 is 0 Å². The van der Waals surface area contributed by atoms with Crippen LogP contribution in [0, 0.1) is 0 Å². The summed E-state index contributed by atoms with van der Waals surface area (Å²) in [7, 11) is 0. The maximum absolute atomic E-state index is 9.13. The largest absolute Gasteiger partial charge is 0.486 e. The molecule has 5 heteroatoms. The second kappa shape index (κ2) is 6.66. The van der Waals surface area contributed by atoms with Crippen molar-refractivity contribution >= 4 is 11.6 Å². The smallest absolute Gasteiger partial charge is 0.179 e. The number of nitrogens with one attached hydrogen (secondary N) is 1. The number of fused-ring (bicyclic) bond motifs is 1. The van der Waals surface area contributed by atoms with Gasteiger partial charge in [-0.2, -0.15) is 0 Å². The van der Waals surface area contributed by atoms with E-state index in [0.717, 1.165) is 18.4 Å². The van der Waals surface area contributed by atoms with Crippen molar-refractivity contribution in [2.45, 2.75) is 38.8 Å². The Kier molecular flexibility index (Phi) is 5.13. The second-order valence-electron chi connectivity index (χ2n) is 5.34. The van der Waals surface area contributed by atoms with Gasteiger partial charge in [0.15, 0.2) is 11.5 Å². The molecule has 0 amide bonds. The lowest BCUT2D eigenvalue weighted by Gasteiger charge is -2.29. The Morgan fingerprint density at radius 2 is 2.10 bits per heavy atom. The molecular weight excluding hydrogens is 278 g/mol. The number of halogens is 1. The normalized spacial score (nSPS) is 16.8. The molecule has 0 bridgehead atoms. The molecule has 1 aromatic carbocycles. The van der Waals surface area contributed by atoms with Crippen LogP contribution in [-0.2, 0) is 6.54 Å². The molecule has 20 heavy (non-hydrogen) atoms. The molecule has 2 rings (SSSR count). The number of ether oxygens (including phenoxy) is 2. The summed E-state index contributed by atoms with van der Waals surface area (Å²) in [6.07, 6.45) is 1.67. The first kappa shape index (κ1) is 15.4. The molecule has 4 nitrogen and oxygen atoms in total. The molecular formula is C15H22ClNO3. The van der Waals surface area contributed by atoms with Crippen molar-refractivity contribution in [3.05, 3.63) is 22.7 Å². The van der Waals surface area contributed by atoms with Crippen molar-refractivity contribution < 1.29 is 14.6 Å². The minimum Gasteiger partial charge on any atom is -0.486 e. The van der Waals surface area contributed by atoms with Crippen molar-refractivity contribution in [1.82, 2.24) is 5.32 Å². The summed E-state index contributed by atoms with van der Waals surface area (Å²) in [4.78, 5) is 0. The van der Waals surface area contributed by atoms with Gasteiger partial charge in [-0.3, -0.25) is 0 Å². The van der Waals surface area contributed by atoms with Crippen LogP contribution in [0.4, 0.5) is 0 Å². The Hall–Kier alpha value is -0.970. The molecule has 1 aliphatic rings. The fraction of sp³-hybridized carbons (Fsp3) is 0.600. The van der Waals surface area contributed by atoms with Gasteiger partial charge in [0.1, 0.15) is 13.2 Å². The molecule has 1 heterocycles. The number of hydrogen-bond donors (Lipinski definition) is 2. The van der Waals surface area contributed by atoms with E-state index in [0.29, 0.717) is 36.3 Å². The Balaban J connectivity index is 2.08. The van der Waals surface area contributed by atoms with E-state index in [1.807, 2.05) is 12.1 Å². The van der Waals surface area contributed by atoms with Crippen LogP contribution < -0.4 is 14.8 Å². The van der Waals surface area contributed by atoms with Crippen LogP contribution in [0.3, 0.4) is 0 Å². The molecule has 1 aliphatic heterocycles. The zero-order chi connectivity index (χ0) is 14.6. The fourth-order valence-corrected chi connectivity index (χ4v) is 2.51. The number of benzene rings is 1. The Morgan fingerprint density at radius 3 is 2.80 bits per heavy atom. The summed E-state index contributed by atoms with van der Waals surface area (Å²) in [5.74, 6) is 1.34. The van der Waals surface area contributed by atoms with E-state index in [-0.39, 0.29) is 12.1 Å². The van der Waals surface area contributed by atoms with Crippen LogP contribution >= 0.6 is 11.6 Å². The summed E-state index contributed by atoms with van der Waals surface area (Å²) in [5, 5.41) is 13.2. The van der Waals surface area contributed by atoms with Crippen molar-refractivity contribution in [3.8, 4) is 11.5 Å². The molecule has 1 unspecified atom stereocenters.